The lowest BCUT2D eigenvalue weighted by Crippen LogP contribution is -2.53. The molecule has 2 amide bonds. The van der Waals surface area contributed by atoms with Crippen LogP contribution in [-0.4, -0.2) is 43.2 Å². The number of aryl methyl sites for hydroxylation is 1. The first-order chi connectivity index (χ1) is 9.47. The van der Waals surface area contributed by atoms with Gasteiger partial charge in [-0.05, 0) is 38.5 Å². The molecule has 4 nitrogen and oxygen atoms in total. The molecular weight excluding hydrogens is 274 g/mol. The van der Waals surface area contributed by atoms with Crippen LogP contribution in [0.15, 0.2) is 18.2 Å². The zero-order valence-corrected chi connectivity index (χ0v) is 13.1. The number of carbonyl (C=O) groups excluding carboxylic acids is 1. The molecule has 5 heteroatoms. The fourth-order valence-corrected chi connectivity index (χ4v) is 2.58. The number of halogens is 1. The Balaban J connectivity index is 1.97. The summed E-state index contributed by atoms with van der Waals surface area (Å²) in [5, 5.41) is 3.69. The maximum Gasteiger partial charge on any atom is 0.317 e. The highest BCUT2D eigenvalue weighted by Gasteiger charge is 2.22. The van der Waals surface area contributed by atoms with Crippen molar-refractivity contribution >= 4 is 23.3 Å². The Bertz CT molecular complexity index is 482. The number of rotatable bonds is 2. The highest BCUT2D eigenvalue weighted by molar-refractivity contribution is 6.30. The number of nitrogens with zero attached hydrogens (tertiary/aromatic N) is 2. The quantitative estimate of drug-likeness (QED) is 0.910. The molecule has 110 valence electrons. The van der Waals surface area contributed by atoms with E-state index in [4.69, 9.17) is 11.6 Å². The maximum atomic E-state index is 11.9. The average Bonchev–Trinajstić information content (AvgIpc) is 2.41. The zero-order valence-electron chi connectivity index (χ0n) is 12.3. The van der Waals surface area contributed by atoms with E-state index in [1.807, 2.05) is 36.9 Å². The Kier molecular flexibility index (Phi) is 4.76. The molecule has 1 aliphatic heterocycles. The molecule has 0 unspecified atom stereocenters. The zero-order chi connectivity index (χ0) is 14.7. The number of anilines is 1. The van der Waals surface area contributed by atoms with Crippen molar-refractivity contribution < 1.29 is 4.79 Å². The molecule has 0 radical (unpaired) electrons. The van der Waals surface area contributed by atoms with Crippen LogP contribution in [0.3, 0.4) is 0 Å². The molecule has 0 spiro atoms. The first kappa shape index (κ1) is 15.0. The van der Waals surface area contributed by atoms with Crippen LogP contribution in [0.5, 0.6) is 0 Å². The summed E-state index contributed by atoms with van der Waals surface area (Å²) >= 11 is 6.07. The van der Waals surface area contributed by atoms with Gasteiger partial charge in [-0.1, -0.05) is 17.7 Å². The maximum absolute atomic E-state index is 11.9. The second-order valence-electron chi connectivity index (χ2n) is 5.51. The van der Waals surface area contributed by atoms with Crippen molar-refractivity contribution in [3.8, 4) is 0 Å². The number of hydrogen-bond donors (Lipinski definition) is 1. The van der Waals surface area contributed by atoms with E-state index in [0.29, 0.717) is 0 Å². The third-order valence-electron chi connectivity index (χ3n) is 3.49. The topological polar surface area (TPSA) is 35.6 Å². The van der Waals surface area contributed by atoms with Gasteiger partial charge in [0.15, 0.2) is 0 Å². The summed E-state index contributed by atoms with van der Waals surface area (Å²) in [4.78, 5) is 16.1. The fourth-order valence-electron chi connectivity index (χ4n) is 2.41. The Morgan fingerprint density at radius 3 is 2.50 bits per heavy atom. The Morgan fingerprint density at radius 2 is 1.90 bits per heavy atom. The van der Waals surface area contributed by atoms with Gasteiger partial charge in [-0.3, -0.25) is 0 Å². The standard InChI is InChI=1S/C15H22ClN3O/c1-11(2)17-15(20)19-8-6-18(7-9-19)14-10-13(16)5-4-12(14)3/h4-5,10-11H,6-9H2,1-3H3,(H,17,20). The molecule has 1 heterocycles. The van der Waals surface area contributed by atoms with Gasteiger partial charge < -0.3 is 15.1 Å². The van der Waals surface area contributed by atoms with Crippen molar-refractivity contribution in [1.82, 2.24) is 10.2 Å². The molecule has 1 fully saturated rings. The fraction of sp³-hybridized carbons (Fsp3) is 0.533. The predicted molar refractivity (Wildman–Crippen MR) is 83.6 cm³/mol. The highest BCUT2D eigenvalue weighted by atomic mass is 35.5. The van der Waals surface area contributed by atoms with Crippen LogP contribution in [0, 0.1) is 6.92 Å². The van der Waals surface area contributed by atoms with Crippen LogP contribution in [0.4, 0.5) is 10.5 Å². The van der Waals surface area contributed by atoms with E-state index in [-0.39, 0.29) is 12.1 Å². The Labute approximate surface area is 125 Å². The summed E-state index contributed by atoms with van der Waals surface area (Å²) in [6.45, 7) is 9.20. The minimum Gasteiger partial charge on any atom is -0.368 e. The molecule has 2 rings (SSSR count). The van der Waals surface area contributed by atoms with E-state index in [0.717, 1.165) is 31.2 Å². The lowest BCUT2D eigenvalue weighted by molar-refractivity contribution is 0.192. The van der Waals surface area contributed by atoms with Gasteiger partial charge in [-0.25, -0.2) is 4.79 Å². The first-order valence-electron chi connectivity index (χ1n) is 7.04. The van der Waals surface area contributed by atoms with Gasteiger partial charge >= 0.3 is 6.03 Å². The van der Waals surface area contributed by atoms with Gasteiger partial charge in [0.25, 0.3) is 0 Å². The highest BCUT2D eigenvalue weighted by Crippen LogP contribution is 2.25. The lowest BCUT2D eigenvalue weighted by Gasteiger charge is -2.37. The Hall–Kier alpha value is -1.42. The van der Waals surface area contributed by atoms with E-state index in [1.54, 1.807) is 0 Å². The summed E-state index contributed by atoms with van der Waals surface area (Å²) < 4.78 is 0. The largest absolute Gasteiger partial charge is 0.368 e. The van der Waals surface area contributed by atoms with Crippen LogP contribution in [0.25, 0.3) is 0 Å². The van der Waals surface area contributed by atoms with Gasteiger partial charge in [0.2, 0.25) is 0 Å². The molecule has 20 heavy (non-hydrogen) atoms. The van der Waals surface area contributed by atoms with Crippen LogP contribution < -0.4 is 10.2 Å². The average molecular weight is 296 g/mol. The van der Waals surface area contributed by atoms with Crippen molar-refractivity contribution in [2.45, 2.75) is 26.8 Å². The molecule has 1 saturated heterocycles. The number of amides is 2. The molecule has 0 aromatic heterocycles. The summed E-state index contributed by atoms with van der Waals surface area (Å²) in [6, 6.07) is 6.15. The second kappa shape index (κ2) is 6.35. The number of piperazine rings is 1. The number of nitrogens with one attached hydrogen (secondary N) is 1. The summed E-state index contributed by atoms with van der Waals surface area (Å²) in [5.74, 6) is 0. The van der Waals surface area contributed by atoms with Crippen molar-refractivity contribution in [2.75, 3.05) is 31.1 Å². The minimum atomic E-state index is 0.0301. The van der Waals surface area contributed by atoms with Crippen LogP contribution in [-0.2, 0) is 0 Å². The van der Waals surface area contributed by atoms with Crippen LogP contribution in [0.2, 0.25) is 5.02 Å². The molecule has 0 saturated carbocycles. The summed E-state index contributed by atoms with van der Waals surface area (Å²) in [7, 11) is 0. The third kappa shape index (κ3) is 3.57. The molecule has 0 bridgehead atoms. The van der Waals surface area contributed by atoms with Crippen LogP contribution in [0.1, 0.15) is 19.4 Å². The van der Waals surface area contributed by atoms with Crippen LogP contribution >= 0.6 is 11.6 Å². The second-order valence-corrected chi connectivity index (χ2v) is 5.95. The van der Waals surface area contributed by atoms with E-state index < -0.39 is 0 Å². The monoisotopic (exact) mass is 295 g/mol. The normalized spacial score (nSPS) is 15.7. The van der Waals surface area contributed by atoms with Crippen molar-refractivity contribution in [3.63, 3.8) is 0 Å². The lowest BCUT2D eigenvalue weighted by atomic mass is 10.1. The minimum absolute atomic E-state index is 0.0301. The van der Waals surface area contributed by atoms with Crippen molar-refractivity contribution in [1.29, 1.82) is 0 Å². The van der Waals surface area contributed by atoms with E-state index >= 15 is 0 Å². The van der Waals surface area contributed by atoms with E-state index in [2.05, 4.69) is 17.1 Å². The first-order valence-corrected chi connectivity index (χ1v) is 7.41. The third-order valence-corrected chi connectivity index (χ3v) is 3.73. The van der Waals surface area contributed by atoms with Crippen molar-refractivity contribution in [3.05, 3.63) is 28.8 Å². The number of urea groups is 1. The van der Waals surface area contributed by atoms with Gasteiger partial charge in [0, 0.05) is 42.9 Å². The molecule has 0 aliphatic carbocycles. The Morgan fingerprint density at radius 1 is 1.25 bits per heavy atom. The SMILES string of the molecule is Cc1ccc(Cl)cc1N1CCN(C(=O)NC(C)C)CC1. The van der Waals surface area contributed by atoms with Gasteiger partial charge in [0.1, 0.15) is 0 Å². The summed E-state index contributed by atoms with van der Waals surface area (Å²) in [5.41, 5.74) is 2.39. The molecule has 1 aromatic rings. The van der Waals surface area contributed by atoms with Gasteiger partial charge in [-0.15, -0.1) is 0 Å². The van der Waals surface area contributed by atoms with Gasteiger partial charge in [-0.2, -0.15) is 0 Å². The molecule has 1 aliphatic rings. The molecule has 1 N–H and O–H groups in total. The van der Waals surface area contributed by atoms with E-state index in [1.165, 1.54) is 11.3 Å². The number of hydrogen-bond acceptors (Lipinski definition) is 2. The smallest absolute Gasteiger partial charge is 0.317 e. The molecular formula is C15H22ClN3O. The molecule has 0 atom stereocenters. The van der Waals surface area contributed by atoms with Crippen molar-refractivity contribution in [2.24, 2.45) is 0 Å². The summed E-state index contributed by atoms with van der Waals surface area (Å²) in [6.07, 6.45) is 0. The number of carbonyl (C=O) groups is 1. The van der Waals surface area contributed by atoms with E-state index in [9.17, 15) is 4.79 Å². The predicted octanol–water partition coefficient (Wildman–Crippen LogP) is 2.89. The van der Waals surface area contributed by atoms with Gasteiger partial charge in [0.05, 0.1) is 0 Å². The molecule has 1 aromatic carbocycles. The number of benzene rings is 1.